The standard InChI is InChI=1S/C23H22ClF3N6O/c24-19-10-9-17(13-18(19)23(25,26)27)32-22(34)31-16-7-5-15(6-8-16)30-21-28-12-11-20(33-21)29-14-3-1-2-4-14/h5-14H,1-4H2,(H2,31,32,34)(H2,28,29,30,33). The van der Waals surface area contributed by atoms with Gasteiger partial charge in [0, 0.05) is 29.3 Å². The summed E-state index contributed by atoms with van der Waals surface area (Å²) in [5.41, 5.74) is 0.102. The number of hydrogen-bond donors (Lipinski definition) is 4. The first-order chi connectivity index (χ1) is 16.3. The average Bonchev–Trinajstić information content (AvgIpc) is 3.29. The Hall–Kier alpha value is -3.53. The number of amides is 2. The summed E-state index contributed by atoms with van der Waals surface area (Å²) >= 11 is 5.60. The summed E-state index contributed by atoms with van der Waals surface area (Å²) in [5.74, 6) is 1.19. The van der Waals surface area contributed by atoms with Crippen molar-refractivity contribution < 1.29 is 18.0 Å². The summed E-state index contributed by atoms with van der Waals surface area (Å²) in [5, 5.41) is 11.0. The van der Waals surface area contributed by atoms with Crippen molar-refractivity contribution in [2.24, 2.45) is 0 Å². The van der Waals surface area contributed by atoms with Gasteiger partial charge >= 0.3 is 12.2 Å². The van der Waals surface area contributed by atoms with Crippen molar-refractivity contribution in [2.45, 2.75) is 37.9 Å². The highest BCUT2D eigenvalue weighted by Gasteiger charge is 2.33. The molecular formula is C23H22ClF3N6O. The molecule has 0 spiro atoms. The number of carbonyl (C=O) groups excluding carboxylic acids is 1. The molecule has 11 heteroatoms. The van der Waals surface area contributed by atoms with Gasteiger partial charge in [-0.25, -0.2) is 9.78 Å². The van der Waals surface area contributed by atoms with Gasteiger partial charge in [-0.05, 0) is 61.4 Å². The molecule has 1 aliphatic rings. The van der Waals surface area contributed by atoms with Crippen LogP contribution < -0.4 is 21.3 Å². The molecule has 1 fully saturated rings. The smallest absolute Gasteiger partial charge is 0.367 e. The van der Waals surface area contributed by atoms with Crippen LogP contribution in [0.5, 0.6) is 0 Å². The zero-order valence-electron chi connectivity index (χ0n) is 17.9. The summed E-state index contributed by atoms with van der Waals surface area (Å²) in [6.45, 7) is 0. The van der Waals surface area contributed by atoms with Crippen molar-refractivity contribution in [1.29, 1.82) is 0 Å². The number of rotatable bonds is 6. The molecule has 0 bridgehead atoms. The lowest BCUT2D eigenvalue weighted by Crippen LogP contribution is -2.20. The fourth-order valence-electron chi connectivity index (χ4n) is 3.66. The molecule has 4 N–H and O–H groups in total. The highest BCUT2D eigenvalue weighted by atomic mass is 35.5. The normalized spacial score (nSPS) is 14.0. The Kier molecular flexibility index (Phi) is 7.06. The Morgan fingerprint density at radius 2 is 1.59 bits per heavy atom. The number of alkyl halides is 3. The Balaban J connectivity index is 1.34. The summed E-state index contributed by atoms with van der Waals surface area (Å²) in [7, 11) is 0. The van der Waals surface area contributed by atoms with Gasteiger partial charge in [-0.2, -0.15) is 18.2 Å². The highest BCUT2D eigenvalue weighted by molar-refractivity contribution is 6.31. The van der Waals surface area contributed by atoms with E-state index in [0.29, 0.717) is 23.4 Å². The van der Waals surface area contributed by atoms with Crippen LogP contribution in [0.2, 0.25) is 5.02 Å². The van der Waals surface area contributed by atoms with Crippen LogP contribution in [0.25, 0.3) is 0 Å². The van der Waals surface area contributed by atoms with Crippen LogP contribution >= 0.6 is 11.6 Å². The molecule has 2 amide bonds. The Morgan fingerprint density at radius 1 is 0.941 bits per heavy atom. The lowest BCUT2D eigenvalue weighted by Gasteiger charge is -2.14. The lowest BCUT2D eigenvalue weighted by atomic mass is 10.2. The summed E-state index contributed by atoms with van der Waals surface area (Å²) in [6.07, 6.45) is 1.77. The number of nitrogens with one attached hydrogen (secondary N) is 4. The molecule has 2 aromatic carbocycles. The number of aromatic nitrogens is 2. The van der Waals surface area contributed by atoms with Crippen molar-refractivity contribution in [3.63, 3.8) is 0 Å². The van der Waals surface area contributed by atoms with Crippen LogP contribution in [0.4, 0.5) is 46.8 Å². The fourth-order valence-corrected chi connectivity index (χ4v) is 3.88. The SMILES string of the molecule is O=C(Nc1ccc(Nc2nccc(NC3CCCC3)n2)cc1)Nc1ccc(Cl)c(C(F)(F)F)c1. The van der Waals surface area contributed by atoms with Crippen molar-refractivity contribution in [2.75, 3.05) is 21.3 Å². The molecule has 3 aromatic rings. The molecule has 4 rings (SSSR count). The molecule has 0 aliphatic heterocycles. The van der Waals surface area contributed by atoms with Crippen LogP contribution in [-0.2, 0) is 6.18 Å². The van der Waals surface area contributed by atoms with E-state index in [2.05, 4.69) is 31.2 Å². The first-order valence-electron chi connectivity index (χ1n) is 10.7. The van der Waals surface area contributed by atoms with Gasteiger partial charge in [0.05, 0.1) is 10.6 Å². The molecule has 1 saturated carbocycles. The quantitative estimate of drug-likeness (QED) is 0.302. The minimum absolute atomic E-state index is 0.0317. The largest absolute Gasteiger partial charge is 0.417 e. The third kappa shape index (κ3) is 6.28. The number of anilines is 5. The number of halogens is 4. The van der Waals surface area contributed by atoms with E-state index in [-0.39, 0.29) is 5.69 Å². The van der Waals surface area contributed by atoms with Crippen LogP contribution in [0.3, 0.4) is 0 Å². The predicted octanol–water partition coefficient (Wildman–Crippen LogP) is 6.89. The van der Waals surface area contributed by atoms with Crippen LogP contribution in [0, 0.1) is 0 Å². The molecule has 0 radical (unpaired) electrons. The van der Waals surface area contributed by atoms with Gasteiger partial charge in [0.25, 0.3) is 0 Å². The van der Waals surface area contributed by atoms with E-state index in [1.807, 2.05) is 6.07 Å². The number of nitrogens with zero attached hydrogens (tertiary/aromatic N) is 2. The monoisotopic (exact) mass is 490 g/mol. The molecule has 0 atom stereocenters. The van der Waals surface area contributed by atoms with E-state index in [1.54, 1.807) is 30.5 Å². The van der Waals surface area contributed by atoms with Gasteiger partial charge in [-0.3, -0.25) is 0 Å². The molecular weight excluding hydrogens is 469 g/mol. The van der Waals surface area contributed by atoms with Crippen LogP contribution in [0.1, 0.15) is 31.2 Å². The van der Waals surface area contributed by atoms with Gasteiger partial charge in [0.1, 0.15) is 5.82 Å². The maximum absolute atomic E-state index is 13.0. The fraction of sp³-hybridized carbons (Fsp3) is 0.261. The zero-order chi connectivity index (χ0) is 24.1. The van der Waals surface area contributed by atoms with E-state index >= 15 is 0 Å². The number of hydrogen-bond acceptors (Lipinski definition) is 5. The third-order valence-corrected chi connectivity index (χ3v) is 5.62. The van der Waals surface area contributed by atoms with E-state index in [0.717, 1.165) is 30.8 Å². The lowest BCUT2D eigenvalue weighted by molar-refractivity contribution is -0.137. The molecule has 1 heterocycles. The number of carbonyl (C=O) groups is 1. The Labute approximate surface area is 199 Å². The molecule has 0 unspecified atom stereocenters. The van der Waals surface area contributed by atoms with Crippen molar-refractivity contribution in [1.82, 2.24) is 9.97 Å². The number of benzene rings is 2. The van der Waals surface area contributed by atoms with E-state index in [1.165, 1.54) is 18.9 Å². The topological polar surface area (TPSA) is 91.0 Å². The summed E-state index contributed by atoms with van der Waals surface area (Å²) in [6, 6.07) is 11.5. The molecule has 178 valence electrons. The summed E-state index contributed by atoms with van der Waals surface area (Å²) in [4.78, 5) is 20.9. The molecule has 1 aromatic heterocycles. The minimum Gasteiger partial charge on any atom is -0.367 e. The summed E-state index contributed by atoms with van der Waals surface area (Å²) < 4.78 is 39.0. The maximum Gasteiger partial charge on any atom is 0.417 e. The molecule has 34 heavy (non-hydrogen) atoms. The van der Waals surface area contributed by atoms with E-state index < -0.39 is 22.8 Å². The maximum atomic E-state index is 13.0. The van der Waals surface area contributed by atoms with Crippen LogP contribution in [-0.4, -0.2) is 22.0 Å². The second-order valence-electron chi connectivity index (χ2n) is 7.87. The van der Waals surface area contributed by atoms with Gasteiger partial charge in [0.15, 0.2) is 0 Å². The molecule has 1 aliphatic carbocycles. The first kappa shape index (κ1) is 23.6. The van der Waals surface area contributed by atoms with Gasteiger partial charge < -0.3 is 21.3 Å². The average molecular weight is 491 g/mol. The third-order valence-electron chi connectivity index (χ3n) is 5.29. The number of urea groups is 1. The van der Waals surface area contributed by atoms with Crippen molar-refractivity contribution in [3.8, 4) is 0 Å². The van der Waals surface area contributed by atoms with Crippen molar-refractivity contribution in [3.05, 3.63) is 65.3 Å². The molecule has 0 saturated heterocycles. The second kappa shape index (κ2) is 10.2. The van der Waals surface area contributed by atoms with E-state index in [9.17, 15) is 18.0 Å². The van der Waals surface area contributed by atoms with Gasteiger partial charge in [-0.15, -0.1) is 0 Å². The molecule has 7 nitrogen and oxygen atoms in total. The first-order valence-corrected chi connectivity index (χ1v) is 11.1. The zero-order valence-corrected chi connectivity index (χ0v) is 18.7. The van der Waals surface area contributed by atoms with Gasteiger partial charge in [-0.1, -0.05) is 24.4 Å². The highest BCUT2D eigenvalue weighted by Crippen LogP contribution is 2.36. The second-order valence-corrected chi connectivity index (χ2v) is 8.27. The Morgan fingerprint density at radius 3 is 2.29 bits per heavy atom. The van der Waals surface area contributed by atoms with Crippen LogP contribution in [0.15, 0.2) is 54.7 Å². The predicted molar refractivity (Wildman–Crippen MR) is 127 cm³/mol. The minimum atomic E-state index is -4.62. The Bertz CT molecular complexity index is 1150. The van der Waals surface area contributed by atoms with Crippen molar-refractivity contribution >= 4 is 46.5 Å². The van der Waals surface area contributed by atoms with Gasteiger partial charge in [0.2, 0.25) is 5.95 Å². The van der Waals surface area contributed by atoms with E-state index in [4.69, 9.17) is 11.6 Å².